The second-order valence-corrected chi connectivity index (χ2v) is 4.61. The molecule has 9 nitrogen and oxygen atoms in total. The van der Waals surface area contributed by atoms with Crippen LogP contribution < -0.4 is 5.73 Å². The van der Waals surface area contributed by atoms with Crippen LogP contribution in [0.1, 0.15) is 17.0 Å². The summed E-state index contributed by atoms with van der Waals surface area (Å²) in [5, 5.41) is 17.9. The van der Waals surface area contributed by atoms with Crippen molar-refractivity contribution >= 4 is 11.5 Å². The molecule has 0 atom stereocenters. The molecule has 0 spiro atoms. The molecule has 0 unspecified atom stereocenters. The summed E-state index contributed by atoms with van der Waals surface area (Å²) in [7, 11) is 0. The third-order valence-corrected chi connectivity index (χ3v) is 2.93. The molecule has 12 heteroatoms. The number of hydrogen-bond donors (Lipinski definition) is 1. The molecule has 124 valence electrons. The Morgan fingerprint density at radius 3 is 2.83 bits per heavy atom. The first-order valence-corrected chi connectivity index (χ1v) is 6.47. The van der Waals surface area contributed by atoms with Crippen LogP contribution in [0.25, 0.3) is 0 Å². The number of amidine groups is 1. The van der Waals surface area contributed by atoms with Gasteiger partial charge in [-0.2, -0.15) is 13.2 Å². The Kier molecular flexibility index (Phi) is 3.93. The Labute approximate surface area is 131 Å². The fraction of sp³-hybridized carbons (Fsp3) is 0.167. The summed E-state index contributed by atoms with van der Waals surface area (Å²) in [6.07, 6.45) is -3.13. The standard InChI is InChI=1S/C12H9F3N8O/c13-12(14,15)7-2-1-3-8(4-7)18-11(16)10-9(19-24-20-10)5-23-6-17-21-22-23/h1-4,6H,5H2,(H2,16,18). The first-order chi connectivity index (χ1) is 11.4. The van der Waals surface area contributed by atoms with Gasteiger partial charge in [-0.3, -0.25) is 0 Å². The number of nitrogens with zero attached hydrogens (tertiary/aromatic N) is 7. The highest BCUT2D eigenvalue weighted by atomic mass is 19.4. The quantitative estimate of drug-likeness (QED) is 0.559. The van der Waals surface area contributed by atoms with Crippen molar-refractivity contribution in [3.63, 3.8) is 0 Å². The maximum absolute atomic E-state index is 12.7. The minimum Gasteiger partial charge on any atom is -0.382 e. The molecule has 0 radical (unpaired) electrons. The van der Waals surface area contributed by atoms with Crippen molar-refractivity contribution < 1.29 is 17.8 Å². The van der Waals surface area contributed by atoms with Crippen LogP contribution in [0.2, 0.25) is 0 Å². The van der Waals surface area contributed by atoms with Crippen LogP contribution in [-0.2, 0) is 12.7 Å². The zero-order chi connectivity index (χ0) is 17.2. The van der Waals surface area contributed by atoms with Gasteiger partial charge < -0.3 is 5.73 Å². The first-order valence-electron chi connectivity index (χ1n) is 6.47. The van der Waals surface area contributed by atoms with Crippen molar-refractivity contribution in [2.45, 2.75) is 12.7 Å². The van der Waals surface area contributed by atoms with Gasteiger partial charge in [0.05, 0.1) is 17.8 Å². The van der Waals surface area contributed by atoms with Gasteiger partial charge in [0.2, 0.25) is 0 Å². The fourth-order valence-electron chi connectivity index (χ4n) is 1.85. The van der Waals surface area contributed by atoms with E-state index in [2.05, 4.69) is 35.5 Å². The van der Waals surface area contributed by atoms with Crippen molar-refractivity contribution in [1.82, 2.24) is 30.5 Å². The molecular formula is C12H9F3N8O. The van der Waals surface area contributed by atoms with Crippen molar-refractivity contribution in [1.29, 1.82) is 0 Å². The normalized spacial score (nSPS) is 12.5. The van der Waals surface area contributed by atoms with Crippen LogP contribution in [-0.4, -0.2) is 36.4 Å². The first kappa shape index (κ1) is 15.6. The minimum atomic E-state index is -4.47. The van der Waals surface area contributed by atoms with E-state index in [0.717, 1.165) is 12.1 Å². The lowest BCUT2D eigenvalue weighted by atomic mass is 10.2. The third-order valence-electron chi connectivity index (χ3n) is 2.93. The molecule has 0 saturated heterocycles. The van der Waals surface area contributed by atoms with E-state index in [1.807, 2.05) is 0 Å². The molecule has 3 aromatic rings. The average molecular weight is 338 g/mol. The van der Waals surface area contributed by atoms with E-state index in [1.54, 1.807) is 0 Å². The summed E-state index contributed by atoms with van der Waals surface area (Å²) in [6, 6.07) is 4.44. The van der Waals surface area contributed by atoms with E-state index in [0.29, 0.717) is 0 Å². The van der Waals surface area contributed by atoms with Crippen molar-refractivity contribution in [3.8, 4) is 0 Å². The molecule has 0 bridgehead atoms. The molecule has 0 amide bonds. The van der Waals surface area contributed by atoms with E-state index < -0.39 is 11.7 Å². The molecule has 24 heavy (non-hydrogen) atoms. The summed E-state index contributed by atoms with van der Waals surface area (Å²) in [5.41, 5.74) is 5.39. The van der Waals surface area contributed by atoms with E-state index >= 15 is 0 Å². The molecule has 0 saturated carbocycles. The fourth-order valence-corrected chi connectivity index (χ4v) is 1.85. The van der Waals surface area contributed by atoms with Crippen LogP contribution in [0.4, 0.5) is 18.9 Å². The van der Waals surface area contributed by atoms with Crippen molar-refractivity contribution in [2.24, 2.45) is 10.7 Å². The van der Waals surface area contributed by atoms with Crippen LogP contribution in [0.5, 0.6) is 0 Å². The molecule has 2 heterocycles. The molecule has 0 aliphatic rings. The summed E-state index contributed by atoms with van der Waals surface area (Å²) in [4.78, 5) is 3.94. The van der Waals surface area contributed by atoms with Crippen LogP contribution >= 0.6 is 0 Å². The second kappa shape index (κ2) is 6.06. The molecule has 1 aromatic carbocycles. The Balaban J connectivity index is 1.88. The van der Waals surface area contributed by atoms with Crippen molar-refractivity contribution in [3.05, 3.63) is 47.5 Å². The number of tetrazole rings is 1. The Morgan fingerprint density at radius 1 is 1.29 bits per heavy atom. The topological polar surface area (TPSA) is 121 Å². The Hall–Kier alpha value is -3.31. The van der Waals surface area contributed by atoms with E-state index in [9.17, 15) is 13.2 Å². The van der Waals surface area contributed by atoms with Gasteiger partial charge in [0.1, 0.15) is 12.0 Å². The smallest absolute Gasteiger partial charge is 0.382 e. The molecular weight excluding hydrogens is 329 g/mol. The number of benzene rings is 1. The predicted octanol–water partition coefficient (Wildman–Crippen LogP) is 1.16. The lowest BCUT2D eigenvalue weighted by Crippen LogP contribution is -2.17. The van der Waals surface area contributed by atoms with Crippen molar-refractivity contribution in [2.75, 3.05) is 0 Å². The Bertz CT molecular complexity index is 855. The van der Waals surface area contributed by atoms with E-state index in [-0.39, 0.29) is 29.5 Å². The highest BCUT2D eigenvalue weighted by molar-refractivity contribution is 5.98. The lowest BCUT2D eigenvalue weighted by Gasteiger charge is -2.06. The molecule has 2 N–H and O–H groups in total. The monoisotopic (exact) mass is 338 g/mol. The number of nitrogens with two attached hydrogens (primary N) is 1. The maximum Gasteiger partial charge on any atom is 0.416 e. The summed E-state index contributed by atoms with van der Waals surface area (Å²) < 4.78 is 44.1. The SMILES string of the molecule is NC(=Nc1cccc(C(F)(F)F)c1)c1nonc1Cn1cnnn1. The average Bonchev–Trinajstić information content (AvgIpc) is 3.19. The predicted molar refractivity (Wildman–Crippen MR) is 73.0 cm³/mol. The van der Waals surface area contributed by atoms with Crippen LogP contribution in [0, 0.1) is 0 Å². The molecule has 3 rings (SSSR count). The third kappa shape index (κ3) is 3.37. The zero-order valence-corrected chi connectivity index (χ0v) is 11.8. The number of aliphatic imine (C=N–C) groups is 1. The number of aromatic nitrogens is 6. The zero-order valence-electron chi connectivity index (χ0n) is 11.8. The van der Waals surface area contributed by atoms with Gasteiger partial charge in [0.25, 0.3) is 0 Å². The van der Waals surface area contributed by atoms with E-state index in [1.165, 1.54) is 23.1 Å². The van der Waals surface area contributed by atoms with Gasteiger partial charge in [-0.25, -0.2) is 14.3 Å². The second-order valence-electron chi connectivity index (χ2n) is 4.61. The van der Waals surface area contributed by atoms with Gasteiger partial charge in [-0.05, 0) is 33.8 Å². The van der Waals surface area contributed by atoms with E-state index in [4.69, 9.17) is 5.73 Å². The summed E-state index contributed by atoms with van der Waals surface area (Å²) in [5.74, 6) is -0.140. The highest BCUT2D eigenvalue weighted by Crippen LogP contribution is 2.31. The van der Waals surface area contributed by atoms with Gasteiger partial charge in [0, 0.05) is 0 Å². The molecule has 0 aliphatic carbocycles. The highest BCUT2D eigenvalue weighted by Gasteiger charge is 2.30. The largest absolute Gasteiger partial charge is 0.416 e. The molecule has 2 aromatic heterocycles. The van der Waals surface area contributed by atoms with Crippen LogP contribution in [0.15, 0.2) is 40.2 Å². The lowest BCUT2D eigenvalue weighted by molar-refractivity contribution is -0.137. The van der Waals surface area contributed by atoms with Crippen LogP contribution in [0.3, 0.4) is 0 Å². The molecule has 0 fully saturated rings. The number of halogens is 3. The van der Waals surface area contributed by atoms with Gasteiger partial charge >= 0.3 is 6.18 Å². The summed E-state index contributed by atoms with van der Waals surface area (Å²) >= 11 is 0. The summed E-state index contributed by atoms with van der Waals surface area (Å²) in [6.45, 7) is 0.116. The Morgan fingerprint density at radius 2 is 2.12 bits per heavy atom. The van der Waals surface area contributed by atoms with Gasteiger partial charge in [-0.15, -0.1) is 5.10 Å². The van der Waals surface area contributed by atoms with Gasteiger partial charge in [0.15, 0.2) is 11.5 Å². The minimum absolute atomic E-state index is 0.0266. The number of rotatable bonds is 4. The van der Waals surface area contributed by atoms with Gasteiger partial charge in [-0.1, -0.05) is 11.2 Å². The maximum atomic E-state index is 12.7. The molecule has 0 aliphatic heterocycles. The number of hydrogen-bond acceptors (Lipinski definition) is 7. The number of alkyl halides is 3.